The predicted molar refractivity (Wildman–Crippen MR) is 132 cm³/mol. The van der Waals surface area contributed by atoms with Crippen molar-refractivity contribution in [1.29, 1.82) is 0 Å². The number of benzene rings is 1. The van der Waals surface area contributed by atoms with Gasteiger partial charge in [0.25, 0.3) is 0 Å². The Bertz CT molecular complexity index is 944. The third-order valence-electron chi connectivity index (χ3n) is 7.37. The molecule has 0 spiro atoms. The van der Waals surface area contributed by atoms with Crippen molar-refractivity contribution in [2.75, 3.05) is 26.2 Å². The van der Waals surface area contributed by atoms with Crippen molar-refractivity contribution in [3.05, 3.63) is 48.6 Å². The Balaban J connectivity index is 1.68. The standard InChI is InChI=1S/C27H36N4O4/c1-2-15-29-18-24(32)28-22(17-20-10-5-3-6-11-20)26(34)31(21-12-7-4-8-13-21)19-25(33)30-16-9-14-23(30)27(29)35/h2-3,5-6,10-11,21-23H,1,4,7-9,12-19H2,(H,28,32)/t22-,23+/m0/s1. The highest BCUT2D eigenvalue weighted by atomic mass is 16.2. The molecule has 8 heteroatoms. The number of amides is 4. The molecule has 3 aliphatic rings. The molecule has 4 amide bonds. The first-order chi connectivity index (χ1) is 17.0. The van der Waals surface area contributed by atoms with E-state index in [1.54, 1.807) is 15.9 Å². The summed E-state index contributed by atoms with van der Waals surface area (Å²) in [4.78, 5) is 58.7. The van der Waals surface area contributed by atoms with Gasteiger partial charge in [-0.1, -0.05) is 55.7 Å². The molecule has 1 saturated carbocycles. The Labute approximate surface area is 207 Å². The smallest absolute Gasteiger partial charge is 0.246 e. The number of carbonyl (C=O) groups excluding carboxylic acids is 4. The molecule has 2 heterocycles. The maximum atomic E-state index is 14.0. The van der Waals surface area contributed by atoms with Gasteiger partial charge < -0.3 is 20.0 Å². The summed E-state index contributed by atoms with van der Waals surface area (Å²) in [5, 5.41) is 2.90. The molecule has 0 radical (unpaired) electrons. The molecule has 1 aliphatic carbocycles. The summed E-state index contributed by atoms with van der Waals surface area (Å²) in [6, 6.07) is 8.11. The van der Waals surface area contributed by atoms with E-state index in [0.29, 0.717) is 19.4 Å². The summed E-state index contributed by atoms with van der Waals surface area (Å²) in [6.45, 7) is 4.18. The molecule has 0 bridgehead atoms. The fourth-order valence-corrected chi connectivity index (χ4v) is 5.60. The van der Waals surface area contributed by atoms with Crippen molar-refractivity contribution >= 4 is 23.6 Å². The molecule has 1 aromatic rings. The topological polar surface area (TPSA) is 90.0 Å². The molecule has 2 aliphatic heterocycles. The summed E-state index contributed by atoms with van der Waals surface area (Å²) in [5.41, 5.74) is 0.923. The second-order valence-electron chi connectivity index (χ2n) is 9.82. The number of hydrogen-bond acceptors (Lipinski definition) is 4. The average Bonchev–Trinajstić information content (AvgIpc) is 3.36. The van der Waals surface area contributed by atoms with E-state index >= 15 is 0 Å². The Morgan fingerprint density at radius 2 is 1.63 bits per heavy atom. The molecule has 2 saturated heterocycles. The van der Waals surface area contributed by atoms with Gasteiger partial charge in [-0.05, 0) is 31.2 Å². The van der Waals surface area contributed by atoms with Crippen LogP contribution in [0.3, 0.4) is 0 Å². The van der Waals surface area contributed by atoms with Gasteiger partial charge in [0.05, 0.1) is 6.54 Å². The average molecular weight is 481 g/mol. The number of fused-ring (bicyclic) bond motifs is 1. The van der Waals surface area contributed by atoms with Crippen LogP contribution in [-0.4, -0.2) is 82.6 Å². The zero-order valence-electron chi connectivity index (χ0n) is 20.4. The summed E-state index contributed by atoms with van der Waals surface area (Å²) < 4.78 is 0. The van der Waals surface area contributed by atoms with Gasteiger partial charge in [0.15, 0.2) is 0 Å². The Morgan fingerprint density at radius 1 is 0.886 bits per heavy atom. The van der Waals surface area contributed by atoms with E-state index in [2.05, 4.69) is 11.9 Å². The number of rotatable bonds is 5. The lowest BCUT2D eigenvalue weighted by atomic mass is 9.93. The largest absolute Gasteiger partial charge is 0.342 e. The van der Waals surface area contributed by atoms with Crippen LogP contribution >= 0.6 is 0 Å². The molecule has 188 valence electrons. The van der Waals surface area contributed by atoms with Crippen molar-refractivity contribution in [3.63, 3.8) is 0 Å². The van der Waals surface area contributed by atoms with Crippen LogP contribution in [0, 0.1) is 0 Å². The van der Waals surface area contributed by atoms with E-state index in [4.69, 9.17) is 0 Å². The minimum Gasteiger partial charge on any atom is -0.342 e. The van der Waals surface area contributed by atoms with Crippen molar-refractivity contribution in [1.82, 2.24) is 20.0 Å². The highest BCUT2D eigenvalue weighted by Crippen LogP contribution is 2.26. The summed E-state index contributed by atoms with van der Waals surface area (Å²) >= 11 is 0. The minimum absolute atomic E-state index is 0.0349. The Kier molecular flexibility index (Phi) is 8.21. The third-order valence-corrected chi connectivity index (χ3v) is 7.37. The number of hydrogen-bond donors (Lipinski definition) is 1. The lowest BCUT2D eigenvalue weighted by Gasteiger charge is -2.39. The highest BCUT2D eigenvalue weighted by molar-refractivity contribution is 5.96. The summed E-state index contributed by atoms with van der Waals surface area (Å²) in [5.74, 6) is -1.03. The van der Waals surface area contributed by atoms with Crippen LogP contribution in [0.4, 0.5) is 0 Å². The van der Waals surface area contributed by atoms with E-state index in [1.165, 1.54) is 4.90 Å². The minimum atomic E-state index is -0.811. The normalized spacial score (nSPS) is 25.1. The lowest BCUT2D eigenvalue weighted by molar-refractivity contribution is -0.151. The molecule has 1 aromatic carbocycles. The van der Waals surface area contributed by atoms with Crippen molar-refractivity contribution < 1.29 is 19.2 Å². The molecule has 3 fully saturated rings. The number of nitrogens with one attached hydrogen (secondary N) is 1. The second kappa shape index (κ2) is 11.5. The summed E-state index contributed by atoms with van der Waals surface area (Å²) in [7, 11) is 0. The van der Waals surface area contributed by atoms with Gasteiger partial charge in [-0.25, -0.2) is 0 Å². The van der Waals surface area contributed by atoms with Crippen LogP contribution in [0.25, 0.3) is 0 Å². The molecular formula is C27H36N4O4. The van der Waals surface area contributed by atoms with E-state index < -0.39 is 12.1 Å². The fraction of sp³-hybridized carbons (Fsp3) is 0.556. The van der Waals surface area contributed by atoms with Gasteiger partial charge in [0, 0.05) is 25.6 Å². The SMILES string of the molecule is C=CCN1CC(=O)N[C@@H](Cc2ccccc2)C(=O)N(C2CCCCC2)CC(=O)N2CCC[C@@H]2C1=O. The molecule has 1 N–H and O–H groups in total. The maximum absolute atomic E-state index is 14.0. The molecule has 0 aromatic heterocycles. The Morgan fingerprint density at radius 3 is 2.34 bits per heavy atom. The number of carbonyl (C=O) groups is 4. The third kappa shape index (κ3) is 5.92. The Hall–Kier alpha value is -3.16. The number of nitrogens with zero attached hydrogens (tertiary/aromatic N) is 3. The molecule has 4 rings (SSSR count). The molecule has 8 nitrogen and oxygen atoms in total. The van der Waals surface area contributed by atoms with Crippen LogP contribution in [0.5, 0.6) is 0 Å². The molecular weight excluding hydrogens is 444 g/mol. The lowest BCUT2D eigenvalue weighted by Crippen LogP contribution is -2.59. The second-order valence-corrected chi connectivity index (χ2v) is 9.82. The van der Waals surface area contributed by atoms with Gasteiger partial charge in [-0.2, -0.15) is 0 Å². The quantitative estimate of drug-likeness (QED) is 0.652. The zero-order chi connectivity index (χ0) is 24.8. The first kappa shape index (κ1) is 24.9. The molecule has 2 atom stereocenters. The van der Waals surface area contributed by atoms with Gasteiger partial charge in [0.2, 0.25) is 23.6 Å². The van der Waals surface area contributed by atoms with Crippen LogP contribution in [-0.2, 0) is 25.6 Å². The first-order valence-electron chi connectivity index (χ1n) is 12.8. The zero-order valence-corrected chi connectivity index (χ0v) is 20.4. The summed E-state index contributed by atoms with van der Waals surface area (Å²) in [6.07, 6.45) is 8.04. The van der Waals surface area contributed by atoms with Gasteiger partial charge in [0.1, 0.15) is 18.6 Å². The van der Waals surface area contributed by atoms with Crippen molar-refractivity contribution in [2.45, 2.75) is 69.5 Å². The van der Waals surface area contributed by atoms with Crippen molar-refractivity contribution in [3.8, 4) is 0 Å². The van der Waals surface area contributed by atoms with Gasteiger partial charge in [-0.3, -0.25) is 19.2 Å². The van der Waals surface area contributed by atoms with E-state index in [9.17, 15) is 19.2 Å². The van der Waals surface area contributed by atoms with E-state index in [-0.39, 0.29) is 49.3 Å². The van der Waals surface area contributed by atoms with Crippen LogP contribution in [0.15, 0.2) is 43.0 Å². The van der Waals surface area contributed by atoms with Crippen LogP contribution in [0.1, 0.15) is 50.5 Å². The molecule has 0 unspecified atom stereocenters. The van der Waals surface area contributed by atoms with E-state index in [0.717, 1.165) is 44.1 Å². The van der Waals surface area contributed by atoms with Crippen LogP contribution in [0.2, 0.25) is 0 Å². The fourth-order valence-electron chi connectivity index (χ4n) is 5.60. The van der Waals surface area contributed by atoms with Gasteiger partial charge >= 0.3 is 0 Å². The highest BCUT2D eigenvalue weighted by Gasteiger charge is 2.40. The first-order valence-corrected chi connectivity index (χ1v) is 12.8. The van der Waals surface area contributed by atoms with E-state index in [1.807, 2.05) is 30.3 Å². The maximum Gasteiger partial charge on any atom is 0.246 e. The monoisotopic (exact) mass is 480 g/mol. The van der Waals surface area contributed by atoms with Crippen molar-refractivity contribution in [2.24, 2.45) is 0 Å². The molecule has 35 heavy (non-hydrogen) atoms. The van der Waals surface area contributed by atoms with Crippen LogP contribution < -0.4 is 5.32 Å². The van der Waals surface area contributed by atoms with Gasteiger partial charge in [-0.15, -0.1) is 6.58 Å². The predicted octanol–water partition coefficient (Wildman–Crippen LogP) is 1.89.